The maximum Gasteiger partial charge on any atom is 0.240 e. The minimum atomic E-state index is -0.380. The van der Waals surface area contributed by atoms with Crippen LogP contribution in [0.25, 0.3) is 0 Å². The molecule has 1 atom stereocenters. The van der Waals surface area contributed by atoms with E-state index in [-0.39, 0.29) is 24.3 Å². The molecule has 0 aromatic carbocycles. The first-order chi connectivity index (χ1) is 8.70. The standard InChI is InChI=1S/C12H21N3O3/c1-18-7-6-15-5-4-13-10(12(15)17)8-11(16)14-9-2-3-9/h9-10,13H,2-8H2,1H3,(H,14,16). The molecule has 18 heavy (non-hydrogen) atoms. The highest BCUT2D eigenvalue weighted by Crippen LogP contribution is 2.19. The minimum Gasteiger partial charge on any atom is -0.383 e. The first-order valence-electron chi connectivity index (χ1n) is 6.51. The van der Waals surface area contributed by atoms with Crippen molar-refractivity contribution >= 4 is 11.8 Å². The molecule has 2 fully saturated rings. The third kappa shape index (κ3) is 3.68. The molecule has 1 aliphatic carbocycles. The van der Waals surface area contributed by atoms with Gasteiger partial charge >= 0.3 is 0 Å². The van der Waals surface area contributed by atoms with Crippen molar-refractivity contribution in [2.24, 2.45) is 0 Å². The van der Waals surface area contributed by atoms with Crippen LogP contribution in [0.5, 0.6) is 0 Å². The number of rotatable bonds is 6. The highest BCUT2D eigenvalue weighted by Gasteiger charge is 2.31. The van der Waals surface area contributed by atoms with Gasteiger partial charge in [0.25, 0.3) is 0 Å². The van der Waals surface area contributed by atoms with E-state index < -0.39 is 0 Å². The minimum absolute atomic E-state index is 0.00393. The van der Waals surface area contributed by atoms with E-state index in [1.807, 2.05) is 0 Å². The second-order valence-electron chi connectivity index (χ2n) is 4.87. The molecule has 6 nitrogen and oxygen atoms in total. The van der Waals surface area contributed by atoms with Crippen molar-refractivity contribution in [1.82, 2.24) is 15.5 Å². The second-order valence-corrected chi connectivity index (χ2v) is 4.87. The number of ether oxygens (including phenoxy) is 1. The summed E-state index contributed by atoms with van der Waals surface area (Å²) >= 11 is 0. The number of hydrogen-bond donors (Lipinski definition) is 2. The van der Waals surface area contributed by atoms with Gasteiger partial charge in [-0.15, -0.1) is 0 Å². The fourth-order valence-corrected chi connectivity index (χ4v) is 2.07. The van der Waals surface area contributed by atoms with Crippen LogP contribution in [0.3, 0.4) is 0 Å². The quantitative estimate of drug-likeness (QED) is 0.645. The van der Waals surface area contributed by atoms with Gasteiger partial charge < -0.3 is 20.3 Å². The summed E-state index contributed by atoms with van der Waals surface area (Å²) in [7, 11) is 1.62. The number of hydrogen-bond acceptors (Lipinski definition) is 4. The van der Waals surface area contributed by atoms with Crippen molar-refractivity contribution < 1.29 is 14.3 Å². The van der Waals surface area contributed by atoms with Gasteiger partial charge in [-0.1, -0.05) is 0 Å². The maximum atomic E-state index is 12.1. The normalized spacial score (nSPS) is 24.2. The van der Waals surface area contributed by atoms with E-state index >= 15 is 0 Å². The zero-order valence-electron chi connectivity index (χ0n) is 10.8. The molecule has 0 bridgehead atoms. The number of nitrogens with one attached hydrogen (secondary N) is 2. The Labute approximate surface area is 107 Å². The summed E-state index contributed by atoms with van der Waals surface area (Å²) in [5.74, 6) is -0.0267. The molecular weight excluding hydrogens is 234 g/mol. The van der Waals surface area contributed by atoms with Crippen LogP contribution in [0.4, 0.5) is 0 Å². The van der Waals surface area contributed by atoms with Crippen molar-refractivity contribution in [2.75, 3.05) is 33.4 Å². The summed E-state index contributed by atoms with van der Waals surface area (Å²) in [5, 5.41) is 6.01. The SMILES string of the molecule is COCCN1CCNC(CC(=O)NC2CC2)C1=O. The van der Waals surface area contributed by atoms with E-state index in [9.17, 15) is 9.59 Å². The molecule has 2 rings (SSSR count). The molecule has 1 aliphatic heterocycles. The van der Waals surface area contributed by atoms with Gasteiger partial charge in [0.15, 0.2) is 0 Å². The number of amides is 2. The van der Waals surface area contributed by atoms with Gasteiger partial charge in [-0.05, 0) is 12.8 Å². The number of carbonyl (C=O) groups excluding carboxylic acids is 2. The summed E-state index contributed by atoms with van der Waals surface area (Å²) in [5.41, 5.74) is 0. The molecule has 0 radical (unpaired) electrons. The third-order valence-corrected chi connectivity index (χ3v) is 3.28. The smallest absolute Gasteiger partial charge is 0.240 e. The fourth-order valence-electron chi connectivity index (χ4n) is 2.07. The predicted molar refractivity (Wildman–Crippen MR) is 66.0 cm³/mol. The van der Waals surface area contributed by atoms with Crippen molar-refractivity contribution in [2.45, 2.75) is 31.3 Å². The van der Waals surface area contributed by atoms with Crippen molar-refractivity contribution in [1.29, 1.82) is 0 Å². The molecule has 2 aliphatic rings. The molecule has 1 saturated heterocycles. The van der Waals surface area contributed by atoms with Gasteiger partial charge in [0, 0.05) is 32.8 Å². The molecule has 6 heteroatoms. The Balaban J connectivity index is 1.79. The fraction of sp³-hybridized carbons (Fsp3) is 0.833. The van der Waals surface area contributed by atoms with Crippen molar-refractivity contribution in [3.8, 4) is 0 Å². The summed E-state index contributed by atoms with van der Waals surface area (Å²) in [4.78, 5) is 25.5. The average Bonchev–Trinajstić information content (AvgIpc) is 3.14. The first-order valence-corrected chi connectivity index (χ1v) is 6.51. The largest absolute Gasteiger partial charge is 0.383 e. The van der Waals surface area contributed by atoms with Crippen molar-refractivity contribution in [3.63, 3.8) is 0 Å². The lowest BCUT2D eigenvalue weighted by atomic mass is 10.1. The van der Waals surface area contributed by atoms with Crippen LogP contribution >= 0.6 is 0 Å². The lowest BCUT2D eigenvalue weighted by Gasteiger charge is -2.32. The van der Waals surface area contributed by atoms with Crippen LogP contribution in [0.1, 0.15) is 19.3 Å². The molecular formula is C12H21N3O3. The second kappa shape index (κ2) is 6.15. The van der Waals surface area contributed by atoms with Gasteiger partial charge in [0.05, 0.1) is 19.1 Å². The molecule has 0 aromatic rings. The molecule has 2 N–H and O–H groups in total. The Hall–Kier alpha value is -1.14. The maximum absolute atomic E-state index is 12.1. The Morgan fingerprint density at radius 2 is 2.33 bits per heavy atom. The van der Waals surface area contributed by atoms with Crippen LogP contribution in [-0.4, -0.2) is 62.1 Å². The Morgan fingerprint density at radius 1 is 1.56 bits per heavy atom. The zero-order valence-corrected chi connectivity index (χ0v) is 10.8. The Morgan fingerprint density at radius 3 is 3.00 bits per heavy atom. The Bertz CT molecular complexity index is 318. The summed E-state index contributed by atoms with van der Waals surface area (Å²) in [6, 6.07) is -0.0323. The highest BCUT2D eigenvalue weighted by atomic mass is 16.5. The third-order valence-electron chi connectivity index (χ3n) is 3.28. The summed E-state index contributed by atoms with van der Waals surface area (Å²) < 4.78 is 4.98. The van der Waals surface area contributed by atoms with E-state index in [4.69, 9.17) is 4.74 Å². The van der Waals surface area contributed by atoms with Crippen LogP contribution in [0.2, 0.25) is 0 Å². The molecule has 1 heterocycles. The lowest BCUT2D eigenvalue weighted by Crippen LogP contribution is -2.56. The average molecular weight is 255 g/mol. The van der Waals surface area contributed by atoms with E-state index in [0.29, 0.717) is 25.7 Å². The van der Waals surface area contributed by atoms with Crippen LogP contribution in [0, 0.1) is 0 Å². The summed E-state index contributed by atoms with van der Waals surface area (Å²) in [6.07, 6.45) is 2.37. The van der Waals surface area contributed by atoms with Crippen LogP contribution in [0.15, 0.2) is 0 Å². The van der Waals surface area contributed by atoms with Crippen molar-refractivity contribution in [3.05, 3.63) is 0 Å². The van der Waals surface area contributed by atoms with E-state index in [1.54, 1.807) is 12.0 Å². The number of nitrogens with zero attached hydrogens (tertiary/aromatic N) is 1. The van der Waals surface area contributed by atoms with Gasteiger partial charge in [-0.3, -0.25) is 9.59 Å². The van der Waals surface area contributed by atoms with Gasteiger partial charge in [0.1, 0.15) is 0 Å². The number of piperazine rings is 1. The molecule has 102 valence electrons. The molecule has 0 spiro atoms. The molecule has 0 aromatic heterocycles. The van der Waals surface area contributed by atoms with E-state index in [1.165, 1.54) is 0 Å². The van der Waals surface area contributed by atoms with E-state index in [0.717, 1.165) is 19.4 Å². The van der Waals surface area contributed by atoms with Gasteiger partial charge in [-0.2, -0.15) is 0 Å². The predicted octanol–water partition coefficient (Wildman–Crippen LogP) is -0.898. The number of methoxy groups -OCH3 is 1. The van der Waals surface area contributed by atoms with E-state index in [2.05, 4.69) is 10.6 Å². The van der Waals surface area contributed by atoms with Crippen LogP contribution in [-0.2, 0) is 14.3 Å². The van der Waals surface area contributed by atoms with Gasteiger partial charge in [-0.25, -0.2) is 0 Å². The Kier molecular flexibility index (Phi) is 4.54. The molecule has 1 saturated carbocycles. The molecule has 2 amide bonds. The lowest BCUT2D eigenvalue weighted by molar-refractivity contribution is -0.138. The zero-order chi connectivity index (χ0) is 13.0. The van der Waals surface area contributed by atoms with Gasteiger partial charge in [0.2, 0.25) is 11.8 Å². The summed E-state index contributed by atoms with van der Waals surface area (Å²) in [6.45, 7) is 2.55. The number of carbonyl (C=O) groups is 2. The monoisotopic (exact) mass is 255 g/mol. The first kappa shape index (κ1) is 13.3. The molecule has 1 unspecified atom stereocenters. The van der Waals surface area contributed by atoms with Crippen LogP contribution < -0.4 is 10.6 Å². The highest BCUT2D eigenvalue weighted by molar-refractivity contribution is 5.89. The topological polar surface area (TPSA) is 70.7 Å².